The standard InChI is InChI=1S/C20H23N3O2S/c1-22(12-13-25-16-8-4-3-5-9-16)20(24)14-23-18-11-7-6-10-17(18)21-19(23)15-26-2/h3-11H,12-15H2,1-2H3. The summed E-state index contributed by atoms with van der Waals surface area (Å²) in [6.07, 6.45) is 2.04. The highest BCUT2D eigenvalue weighted by molar-refractivity contribution is 7.97. The molecule has 0 unspecified atom stereocenters. The first-order valence-corrected chi connectivity index (χ1v) is 9.93. The molecule has 1 amide bonds. The molecule has 136 valence electrons. The summed E-state index contributed by atoms with van der Waals surface area (Å²) in [6, 6.07) is 17.6. The van der Waals surface area contributed by atoms with E-state index in [2.05, 4.69) is 4.98 Å². The van der Waals surface area contributed by atoms with E-state index in [0.29, 0.717) is 13.2 Å². The van der Waals surface area contributed by atoms with Gasteiger partial charge in [0.15, 0.2) is 0 Å². The fourth-order valence-corrected chi connectivity index (χ4v) is 3.22. The average Bonchev–Trinajstić information content (AvgIpc) is 3.00. The van der Waals surface area contributed by atoms with Gasteiger partial charge in [-0.05, 0) is 30.5 Å². The summed E-state index contributed by atoms with van der Waals surface area (Å²) < 4.78 is 7.69. The van der Waals surface area contributed by atoms with E-state index in [1.165, 1.54) is 0 Å². The van der Waals surface area contributed by atoms with Gasteiger partial charge in [0.05, 0.1) is 23.3 Å². The maximum Gasteiger partial charge on any atom is 0.242 e. The van der Waals surface area contributed by atoms with Gasteiger partial charge in [-0.3, -0.25) is 4.79 Å². The van der Waals surface area contributed by atoms with Gasteiger partial charge in [-0.25, -0.2) is 4.98 Å². The van der Waals surface area contributed by atoms with Crippen LogP contribution in [0, 0.1) is 0 Å². The number of thioether (sulfide) groups is 1. The van der Waals surface area contributed by atoms with E-state index < -0.39 is 0 Å². The number of hydrogen-bond donors (Lipinski definition) is 0. The molecule has 0 aliphatic heterocycles. The van der Waals surface area contributed by atoms with Crippen molar-refractivity contribution in [3.63, 3.8) is 0 Å². The van der Waals surface area contributed by atoms with Crippen LogP contribution in [0.5, 0.6) is 5.75 Å². The third-order valence-corrected chi connectivity index (χ3v) is 4.71. The van der Waals surface area contributed by atoms with E-state index in [1.807, 2.05) is 72.5 Å². The van der Waals surface area contributed by atoms with Crippen LogP contribution in [0.2, 0.25) is 0 Å². The largest absolute Gasteiger partial charge is 0.492 e. The third-order valence-electron chi connectivity index (χ3n) is 4.16. The van der Waals surface area contributed by atoms with Gasteiger partial charge in [-0.1, -0.05) is 30.3 Å². The van der Waals surface area contributed by atoms with Crippen LogP contribution in [-0.4, -0.2) is 46.8 Å². The molecule has 3 rings (SSSR count). The lowest BCUT2D eigenvalue weighted by Gasteiger charge is -2.19. The predicted molar refractivity (Wildman–Crippen MR) is 107 cm³/mol. The Kier molecular flexibility index (Phi) is 6.17. The summed E-state index contributed by atoms with van der Waals surface area (Å²) in [6.45, 7) is 1.30. The number of carbonyl (C=O) groups excluding carboxylic acids is 1. The van der Waals surface area contributed by atoms with Gasteiger partial charge in [0, 0.05) is 7.05 Å². The number of benzene rings is 2. The molecule has 0 saturated heterocycles. The normalized spacial score (nSPS) is 10.8. The predicted octanol–water partition coefficient (Wildman–Crippen LogP) is 3.44. The number of aromatic nitrogens is 2. The molecule has 0 saturated carbocycles. The summed E-state index contributed by atoms with van der Waals surface area (Å²) in [5.74, 6) is 2.58. The lowest BCUT2D eigenvalue weighted by Crippen LogP contribution is -2.33. The number of fused-ring (bicyclic) bond motifs is 1. The Morgan fingerprint density at radius 3 is 2.65 bits per heavy atom. The first-order chi connectivity index (χ1) is 12.7. The quantitative estimate of drug-likeness (QED) is 0.610. The molecule has 5 nitrogen and oxygen atoms in total. The van der Waals surface area contributed by atoms with Crippen LogP contribution in [-0.2, 0) is 17.1 Å². The smallest absolute Gasteiger partial charge is 0.242 e. The minimum Gasteiger partial charge on any atom is -0.492 e. The molecule has 26 heavy (non-hydrogen) atoms. The molecule has 0 N–H and O–H groups in total. The highest BCUT2D eigenvalue weighted by Gasteiger charge is 2.15. The minimum atomic E-state index is 0.0483. The van der Waals surface area contributed by atoms with Crippen molar-refractivity contribution in [2.45, 2.75) is 12.3 Å². The molecule has 0 aliphatic carbocycles. The van der Waals surface area contributed by atoms with E-state index in [0.717, 1.165) is 28.4 Å². The molecule has 0 aliphatic rings. The van der Waals surface area contributed by atoms with Crippen LogP contribution in [0.15, 0.2) is 54.6 Å². The molecule has 0 radical (unpaired) electrons. The molecule has 1 heterocycles. The molecule has 0 atom stereocenters. The van der Waals surface area contributed by atoms with Crippen molar-refractivity contribution in [1.82, 2.24) is 14.5 Å². The average molecular weight is 369 g/mol. The second-order valence-corrected chi connectivity index (χ2v) is 6.88. The van der Waals surface area contributed by atoms with Gasteiger partial charge in [-0.2, -0.15) is 11.8 Å². The maximum atomic E-state index is 12.7. The zero-order valence-corrected chi connectivity index (χ0v) is 15.9. The van der Waals surface area contributed by atoms with Crippen molar-refractivity contribution in [3.05, 3.63) is 60.4 Å². The molecular weight excluding hydrogens is 346 g/mol. The number of ether oxygens (including phenoxy) is 1. The highest BCUT2D eigenvalue weighted by Crippen LogP contribution is 2.19. The topological polar surface area (TPSA) is 47.4 Å². The van der Waals surface area contributed by atoms with E-state index in [-0.39, 0.29) is 12.5 Å². The van der Waals surface area contributed by atoms with Gasteiger partial charge in [0.25, 0.3) is 0 Å². The van der Waals surface area contributed by atoms with E-state index >= 15 is 0 Å². The van der Waals surface area contributed by atoms with Crippen LogP contribution < -0.4 is 4.74 Å². The van der Waals surface area contributed by atoms with Crippen LogP contribution >= 0.6 is 11.8 Å². The zero-order valence-electron chi connectivity index (χ0n) is 15.1. The molecular formula is C20H23N3O2S. The molecule has 0 bridgehead atoms. The van der Waals surface area contributed by atoms with Crippen molar-refractivity contribution in [3.8, 4) is 5.75 Å². The van der Waals surface area contributed by atoms with E-state index in [4.69, 9.17) is 4.74 Å². The van der Waals surface area contributed by atoms with Crippen molar-refractivity contribution in [2.24, 2.45) is 0 Å². The van der Waals surface area contributed by atoms with Crippen molar-refractivity contribution in [1.29, 1.82) is 0 Å². The van der Waals surface area contributed by atoms with Crippen LogP contribution in [0.3, 0.4) is 0 Å². The Hall–Kier alpha value is -2.47. The number of nitrogens with zero attached hydrogens (tertiary/aromatic N) is 3. The fourth-order valence-electron chi connectivity index (χ4n) is 2.74. The molecule has 0 spiro atoms. The maximum absolute atomic E-state index is 12.7. The van der Waals surface area contributed by atoms with Gasteiger partial charge in [-0.15, -0.1) is 0 Å². The molecule has 2 aromatic carbocycles. The number of imidazole rings is 1. The lowest BCUT2D eigenvalue weighted by atomic mass is 10.3. The monoisotopic (exact) mass is 369 g/mol. The van der Waals surface area contributed by atoms with Crippen molar-refractivity contribution in [2.75, 3.05) is 26.5 Å². The number of rotatable bonds is 8. The number of likely N-dealkylation sites (N-methyl/N-ethyl adjacent to an activating group) is 1. The van der Waals surface area contributed by atoms with Crippen LogP contribution in [0.4, 0.5) is 0 Å². The highest BCUT2D eigenvalue weighted by atomic mass is 32.2. The van der Waals surface area contributed by atoms with E-state index in [9.17, 15) is 4.79 Å². The van der Waals surface area contributed by atoms with Crippen molar-refractivity contribution >= 4 is 28.7 Å². The molecule has 1 aromatic heterocycles. The summed E-state index contributed by atoms with van der Waals surface area (Å²) in [5.41, 5.74) is 1.93. The Morgan fingerprint density at radius 1 is 1.15 bits per heavy atom. The molecule has 3 aromatic rings. The van der Waals surface area contributed by atoms with Crippen LogP contribution in [0.1, 0.15) is 5.82 Å². The van der Waals surface area contributed by atoms with Gasteiger partial charge < -0.3 is 14.2 Å². The first kappa shape index (κ1) is 18.3. The molecule has 6 heteroatoms. The lowest BCUT2D eigenvalue weighted by molar-refractivity contribution is -0.130. The van der Waals surface area contributed by atoms with Gasteiger partial charge in [0.1, 0.15) is 24.7 Å². The summed E-state index contributed by atoms with van der Waals surface area (Å²) in [5, 5.41) is 0. The van der Waals surface area contributed by atoms with Crippen molar-refractivity contribution < 1.29 is 9.53 Å². The second-order valence-electron chi connectivity index (χ2n) is 6.01. The number of para-hydroxylation sites is 3. The second kappa shape index (κ2) is 8.76. The Balaban J connectivity index is 1.63. The zero-order chi connectivity index (χ0) is 18.4. The fraction of sp³-hybridized carbons (Fsp3) is 0.300. The minimum absolute atomic E-state index is 0.0483. The number of amides is 1. The molecule has 0 fully saturated rings. The Bertz CT molecular complexity index is 864. The van der Waals surface area contributed by atoms with Gasteiger partial charge >= 0.3 is 0 Å². The first-order valence-electron chi connectivity index (χ1n) is 8.54. The number of hydrogen-bond acceptors (Lipinski definition) is 4. The van der Waals surface area contributed by atoms with Crippen LogP contribution in [0.25, 0.3) is 11.0 Å². The van der Waals surface area contributed by atoms with Gasteiger partial charge in [0.2, 0.25) is 5.91 Å². The summed E-state index contributed by atoms with van der Waals surface area (Å²) >= 11 is 1.70. The summed E-state index contributed by atoms with van der Waals surface area (Å²) in [4.78, 5) is 19.0. The Morgan fingerprint density at radius 2 is 1.88 bits per heavy atom. The Labute approximate surface area is 158 Å². The van der Waals surface area contributed by atoms with E-state index in [1.54, 1.807) is 16.7 Å². The summed E-state index contributed by atoms with van der Waals surface area (Å²) in [7, 11) is 1.81. The number of carbonyl (C=O) groups is 1. The third kappa shape index (κ3) is 4.38. The SMILES string of the molecule is CSCc1nc2ccccc2n1CC(=O)N(C)CCOc1ccccc1.